The van der Waals surface area contributed by atoms with Crippen LogP contribution in [0.3, 0.4) is 0 Å². The molecular formula is C19H24BrN3O6S. The van der Waals surface area contributed by atoms with Crippen molar-refractivity contribution in [1.82, 2.24) is 14.2 Å². The van der Waals surface area contributed by atoms with Gasteiger partial charge < -0.3 is 15.2 Å². The molecule has 0 saturated carbocycles. The lowest BCUT2D eigenvalue weighted by Crippen LogP contribution is -2.71. The van der Waals surface area contributed by atoms with Crippen LogP contribution in [0.4, 0.5) is 4.79 Å². The first-order chi connectivity index (χ1) is 13.8. The topological polar surface area (TPSA) is 131 Å². The molecule has 0 radical (unpaired) electrons. The molecule has 1 aliphatic rings. The number of benzene rings is 1. The number of hydrogen-bond acceptors (Lipinski definition) is 5. The Morgan fingerprint density at radius 1 is 1.27 bits per heavy atom. The second-order valence-corrected chi connectivity index (χ2v) is 11.2. The first-order valence-electron chi connectivity index (χ1n) is 9.28. The highest BCUT2D eigenvalue weighted by atomic mass is 79.9. The first-order valence-corrected chi connectivity index (χ1v) is 11.5. The molecule has 3 rings (SSSR count). The smallest absolute Gasteiger partial charge is 0.407 e. The van der Waals surface area contributed by atoms with Crippen molar-refractivity contribution >= 4 is 42.8 Å². The van der Waals surface area contributed by atoms with Crippen molar-refractivity contribution in [2.45, 2.75) is 31.2 Å². The second-order valence-electron chi connectivity index (χ2n) is 8.38. The molecule has 1 aliphatic heterocycles. The van der Waals surface area contributed by atoms with E-state index in [2.05, 4.69) is 20.9 Å². The van der Waals surface area contributed by atoms with Crippen LogP contribution in [0.2, 0.25) is 0 Å². The molecule has 1 amide bonds. The number of fused-ring (bicyclic) bond motifs is 1. The number of piperazine rings is 1. The summed E-state index contributed by atoms with van der Waals surface area (Å²) in [6.07, 6.45) is -0.0530. The predicted octanol–water partition coefficient (Wildman–Crippen LogP) is 2.05. The van der Waals surface area contributed by atoms with Crippen molar-refractivity contribution in [1.29, 1.82) is 0 Å². The number of H-pyrrole nitrogens is 1. The van der Waals surface area contributed by atoms with E-state index in [4.69, 9.17) is 0 Å². The summed E-state index contributed by atoms with van der Waals surface area (Å²) in [6, 6.07) is 4.75. The molecule has 1 atom stereocenters. The average Bonchev–Trinajstić information content (AvgIpc) is 2.66. The highest BCUT2D eigenvalue weighted by Crippen LogP contribution is 2.40. The van der Waals surface area contributed by atoms with Crippen LogP contribution in [0.15, 0.2) is 38.6 Å². The van der Waals surface area contributed by atoms with Gasteiger partial charge in [0, 0.05) is 41.1 Å². The number of aliphatic hydroxyl groups excluding tert-OH is 1. The number of carbonyl (C=O) groups is 1. The van der Waals surface area contributed by atoms with E-state index in [1.54, 1.807) is 32.9 Å². The van der Waals surface area contributed by atoms with E-state index in [0.29, 0.717) is 4.47 Å². The summed E-state index contributed by atoms with van der Waals surface area (Å²) in [6.45, 7) is 4.40. The molecule has 0 unspecified atom stereocenters. The molecular weight excluding hydrogens is 478 g/mol. The highest BCUT2D eigenvalue weighted by Gasteiger charge is 2.54. The SMILES string of the molecule is CC(C)(C)[C@]1(CO)CN(S(=O)(=O)c2c[nH]c(=O)c3ccc(Br)cc23)CCN1C(=O)O. The average molecular weight is 502 g/mol. The molecule has 2 aromatic rings. The fourth-order valence-electron chi connectivity index (χ4n) is 3.94. The lowest BCUT2D eigenvalue weighted by atomic mass is 9.72. The van der Waals surface area contributed by atoms with Crippen LogP contribution >= 0.6 is 15.9 Å². The lowest BCUT2D eigenvalue weighted by molar-refractivity contribution is -0.0670. The zero-order valence-corrected chi connectivity index (χ0v) is 19.2. The van der Waals surface area contributed by atoms with Crippen LogP contribution < -0.4 is 5.56 Å². The summed E-state index contributed by atoms with van der Waals surface area (Å²) in [5.41, 5.74) is -2.49. The van der Waals surface area contributed by atoms with Gasteiger partial charge in [-0.05, 0) is 23.6 Å². The molecule has 1 fully saturated rings. The van der Waals surface area contributed by atoms with Crippen molar-refractivity contribution in [3.05, 3.63) is 39.2 Å². The zero-order chi connectivity index (χ0) is 22.5. The molecule has 0 bridgehead atoms. The molecule has 1 aromatic heterocycles. The Hall–Kier alpha value is -1.95. The summed E-state index contributed by atoms with van der Waals surface area (Å²) < 4.78 is 28.9. The van der Waals surface area contributed by atoms with Gasteiger partial charge >= 0.3 is 6.09 Å². The maximum atomic E-state index is 13.6. The summed E-state index contributed by atoms with van der Waals surface area (Å²) in [7, 11) is -4.10. The van der Waals surface area contributed by atoms with Crippen molar-refractivity contribution in [3.8, 4) is 0 Å². The van der Waals surface area contributed by atoms with Crippen molar-refractivity contribution in [3.63, 3.8) is 0 Å². The number of aromatic amines is 1. The van der Waals surface area contributed by atoms with E-state index >= 15 is 0 Å². The predicted molar refractivity (Wildman–Crippen MR) is 115 cm³/mol. The Kier molecular flexibility index (Phi) is 5.78. The van der Waals surface area contributed by atoms with Gasteiger partial charge in [0.25, 0.3) is 5.56 Å². The second kappa shape index (κ2) is 7.63. The standard InChI is InChI=1S/C19H24BrN3O6S/c1-18(2,3)19(11-24)10-22(6-7-23(19)17(26)27)30(28,29)15-9-21-16(25)13-5-4-12(20)8-14(13)15/h4-5,8-9,24H,6-7,10-11H2,1-3H3,(H,21,25)(H,26,27)/t19-/m1/s1. The first kappa shape index (κ1) is 22.7. The summed E-state index contributed by atoms with van der Waals surface area (Å²) in [5, 5.41) is 20.4. The fourth-order valence-corrected chi connectivity index (χ4v) is 5.94. The Balaban J connectivity index is 2.16. The largest absolute Gasteiger partial charge is 0.465 e. The molecule has 1 saturated heterocycles. The number of pyridine rings is 1. The van der Waals surface area contributed by atoms with E-state index in [1.807, 2.05) is 0 Å². The number of aliphatic hydroxyl groups is 1. The number of amides is 1. The van der Waals surface area contributed by atoms with E-state index in [0.717, 1.165) is 11.1 Å². The lowest BCUT2D eigenvalue weighted by Gasteiger charge is -2.54. The molecule has 30 heavy (non-hydrogen) atoms. The minimum Gasteiger partial charge on any atom is -0.465 e. The molecule has 164 valence electrons. The minimum absolute atomic E-state index is 0.0684. The number of rotatable bonds is 3. The third-order valence-electron chi connectivity index (χ3n) is 5.86. The van der Waals surface area contributed by atoms with E-state index in [1.165, 1.54) is 10.4 Å². The van der Waals surface area contributed by atoms with Crippen molar-refractivity contribution < 1.29 is 23.4 Å². The van der Waals surface area contributed by atoms with Crippen molar-refractivity contribution in [2.75, 3.05) is 26.2 Å². The summed E-state index contributed by atoms with van der Waals surface area (Å²) in [4.78, 5) is 27.5. The Morgan fingerprint density at radius 3 is 2.50 bits per heavy atom. The number of hydrogen-bond donors (Lipinski definition) is 3. The molecule has 0 spiro atoms. The normalized spacial score (nSPS) is 21.2. The summed E-state index contributed by atoms with van der Waals surface area (Å²) >= 11 is 3.31. The van der Waals surface area contributed by atoms with Crippen molar-refractivity contribution in [2.24, 2.45) is 5.41 Å². The van der Waals surface area contributed by atoms with Gasteiger partial charge in [0.1, 0.15) is 4.90 Å². The van der Waals surface area contributed by atoms with Crippen LogP contribution in [-0.4, -0.2) is 70.7 Å². The summed E-state index contributed by atoms with van der Waals surface area (Å²) in [5.74, 6) is 0. The van der Waals surface area contributed by atoms with Crippen LogP contribution in [0.5, 0.6) is 0 Å². The molecule has 3 N–H and O–H groups in total. The van der Waals surface area contributed by atoms with Crippen LogP contribution in [0.25, 0.3) is 10.8 Å². The Labute approximate surface area is 182 Å². The number of carboxylic acid groups (broad SMARTS) is 1. The van der Waals surface area contributed by atoms with Gasteiger partial charge in [-0.15, -0.1) is 0 Å². The zero-order valence-electron chi connectivity index (χ0n) is 16.8. The molecule has 2 heterocycles. The quantitative estimate of drug-likeness (QED) is 0.589. The van der Waals surface area contributed by atoms with Crippen LogP contribution in [0.1, 0.15) is 20.8 Å². The number of nitrogens with zero attached hydrogens (tertiary/aromatic N) is 2. The van der Waals surface area contributed by atoms with Gasteiger partial charge in [0.2, 0.25) is 10.0 Å². The molecule has 9 nitrogen and oxygen atoms in total. The molecule has 11 heteroatoms. The van der Waals surface area contributed by atoms with Gasteiger partial charge in [-0.1, -0.05) is 36.7 Å². The number of aromatic nitrogens is 1. The minimum atomic E-state index is -4.10. The molecule has 1 aromatic carbocycles. The van der Waals surface area contributed by atoms with Gasteiger partial charge in [0.05, 0.1) is 12.1 Å². The highest BCUT2D eigenvalue weighted by molar-refractivity contribution is 9.10. The van der Waals surface area contributed by atoms with Crippen LogP contribution in [-0.2, 0) is 10.0 Å². The van der Waals surface area contributed by atoms with Gasteiger partial charge in [0.15, 0.2) is 0 Å². The molecule has 0 aliphatic carbocycles. The fraction of sp³-hybridized carbons (Fsp3) is 0.474. The number of sulfonamides is 1. The third-order valence-corrected chi connectivity index (χ3v) is 8.24. The van der Waals surface area contributed by atoms with E-state index in [-0.39, 0.29) is 35.3 Å². The number of halogens is 1. The maximum Gasteiger partial charge on any atom is 0.407 e. The third kappa shape index (κ3) is 3.53. The Morgan fingerprint density at radius 2 is 1.93 bits per heavy atom. The van der Waals surface area contributed by atoms with Gasteiger partial charge in [-0.2, -0.15) is 4.31 Å². The maximum absolute atomic E-state index is 13.6. The van der Waals surface area contributed by atoms with E-state index < -0.39 is 39.2 Å². The van der Waals surface area contributed by atoms with Crippen LogP contribution in [0, 0.1) is 5.41 Å². The number of nitrogens with one attached hydrogen (secondary N) is 1. The Bertz CT molecular complexity index is 1160. The van der Waals surface area contributed by atoms with Gasteiger partial charge in [-0.25, -0.2) is 13.2 Å². The monoisotopic (exact) mass is 501 g/mol. The van der Waals surface area contributed by atoms with E-state index in [9.17, 15) is 28.2 Å². The van der Waals surface area contributed by atoms with Gasteiger partial charge in [-0.3, -0.25) is 9.69 Å².